The summed E-state index contributed by atoms with van der Waals surface area (Å²) >= 11 is 6.26. The van der Waals surface area contributed by atoms with E-state index in [-0.39, 0.29) is 0 Å². The highest BCUT2D eigenvalue weighted by molar-refractivity contribution is 6.33. The van der Waals surface area contributed by atoms with Gasteiger partial charge in [-0.15, -0.1) is 0 Å². The molecule has 0 radical (unpaired) electrons. The van der Waals surface area contributed by atoms with E-state index in [9.17, 15) is 5.11 Å². The number of rotatable bonds is 4. The number of benzene rings is 1. The Morgan fingerprint density at radius 2 is 1.76 bits per heavy atom. The molecule has 0 amide bonds. The van der Waals surface area contributed by atoms with Crippen molar-refractivity contribution in [3.8, 4) is 0 Å². The fourth-order valence-electron chi connectivity index (χ4n) is 1.74. The molecule has 2 nitrogen and oxygen atoms in total. The first kappa shape index (κ1) is 14.3. The number of hydrogen-bond acceptors (Lipinski definition) is 2. The van der Waals surface area contributed by atoms with Gasteiger partial charge in [0.2, 0.25) is 0 Å². The third kappa shape index (κ3) is 3.36. The maximum atomic E-state index is 9.50. The number of nitrogens with zero attached hydrogens (tertiary/aromatic N) is 1. The minimum absolute atomic E-state index is 0.421. The molecular weight excluding hydrogens is 234 g/mol. The van der Waals surface area contributed by atoms with Crippen LogP contribution in [0.25, 0.3) is 0 Å². The van der Waals surface area contributed by atoms with Gasteiger partial charge in [-0.1, -0.05) is 31.5 Å². The molecule has 96 valence electrons. The van der Waals surface area contributed by atoms with Crippen LogP contribution >= 0.6 is 11.6 Å². The second-order valence-electron chi connectivity index (χ2n) is 4.98. The lowest BCUT2D eigenvalue weighted by Gasteiger charge is -2.31. The zero-order valence-electron chi connectivity index (χ0n) is 11.2. The second-order valence-corrected chi connectivity index (χ2v) is 5.39. The van der Waals surface area contributed by atoms with Crippen LogP contribution in [0.5, 0.6) is 0 Å². The van der Waals surface area contributed by atoms with Gasteiger partial charge in [0.25, 0.3) is 0 Å². The normalized spacial score (nSPS) is 14.8. The molecule has 1 aromatic rings. The summed E-state index contributed by atoms with van der Waals surface area (Å²) < 4.78 is 0. The first-order valence-corrected chi connectivity index (χ1v) is 6.42. The predicted molar refractivity (Wildman–Crippen MR) is 74.8 cm³/mol. The van der Waals surface area contributed by atoms with Crippen LogP contribution < -0.4 is 4.90 Å². The molecular formula is C14H22ClNO. The summed E-state index contributed by atoms with van der Waals surface area (Å²) in [5, 5.41) is 10.2. The molecule has 17 heavy (non-hydrogen) atoms. The maximum Gasteiger partial charge on any atom is 0.0762 e. The molecule has 1 aromatic carbocycles. The minimum Gasteiger partial charge on any atom is -0.389 e. The van der Waals surface area contributed by atoms with Crippen LogP contribution in [0.3, 0.4) is 0 Å². The van der Waals surface area contributed by atoms with E-state index < -0.39 is 6.10 Å². The van der Waals surface area contributed by atoms with Gasteiger partial charge < -0.3 is 10.0 Å². The van der Waals surface area contributed by atoms with E-state index in [1.165, 1.54) is 0 Å². The summed E-state index contributed by atoms with van der Waals surface area (Å²) in [4.78, 5) is 2.18. The zero-order valence-corrected chi connectivity index (χ0v) is 12.0. The summed E-state index contributed by atoms with van der Waals surface area (Å²) in [6, 6.07) is 6.16. The molecule has 0 saturated carbocycles. The van der Waals surface area contributed by atoms with Crippen LogP contribution in [0.1, 0.15) is 39.4 Å². The van der Waals surface area contributed by atoms with E-state index in [2.05, 4.69) is 25.7 Å². The van der Waals surface area contributed by atoms with Crippen LogP contribution in [0.2, 0.25) is 5.02 Å². The Bertz CT molecular complexity index is 376. The molecule has 0 aromatic heterocycles. The Balaban J connectivity index is 2.99. The Labute approximate surface area is 109 Å². The Morgan fingerprint density at radius 1 is 1.18 bits per heavy atom. The molecule has 1 rings (SSSR count). The zero-order chi connectivity index (χ0) is 13.2. The molecule has 0 bridgehead atoms. The summed E-state index contributed by atoms with van der Waals surface area (Å²) in [5.41, 5.74) is 1.86. The van der Waals surface area contributed by atoms with Crippen molar-refractivity contribution < 1.29 is 5.11 Å². The van der Waals surface area contributed by atoms with Gasteiger partial charge >= 0.3 is 0 Å². The van der Waals surface area contributed by atoms with Crippen molar-refractivity contribution in [2.75, 3.05) is 11.9 Å². The van der Waals surface area contributed by atoms with E-state index in [1.54, 1.807) is 6.92 Å². The number of anilines is 1. The van der Waals surface area contributed by atoms with Crippen molar-refractivity contribution in [2.24, 2.45) is 5.92 Å². The van der Waals surface area contributed by atoms with E-state index >= 15 is 0 Å². The quantitative estimate of drug-likeness (QED) is 0.883. The molecule has 0 aliphatic rings. The van der Waals surface area contributed by atoms with Gasteiger partial charge in [0.15, 0.2) is 0 Å². The Morgan fingerprint density at radius 3 is 2.18 bits per heavy atom. The smallest absolute Gasteiger partial charge is 0.0762 e. The molecule has 1 N–H and O–H groups in total. The van der Waals surface area contributed by atoms with Crippen LogP contribution in [0, 0.1) is 5.92 Å². The van der Waals surface area contributed by atoms with Crippen LogP contribution in [0.15, 0.2) is 18.2 Å². The lowest BCUT2D eigenvalue weighted by atomic mass is 10.0. The summed E-state index contributed by atoms with van der Waals surface area (Å²) in [5.74, 6) is 0.563. The summed E-state index contributed by atoms with van der Waals surface area (Å²) in [6.07, 6.45) is -0.477. The molecule has 0 heterocycles. The van der Waals surface area contributed by atoms with Gasteiger partial charge in [-0.25, -0.2) is 0 Å². The van der Waals surface area contributed by atoms with Gasteiger partial charge in [-0.05, 0) is 37.5 Å². The monoisotopic (exact) mass is 255 g/mol. The Kier molecular flexibility index (Phi) is 4.84. The van der Waals surface area contributed by atoms with Gasteiger partial charge in [0.05, 0.1) is 16.8 Å². The largest absolute Gasteiger partial charge is 0.389 e. The topological polar surface area (TPSA) is 23.5 Å². The average Bonchev–Trinajstić information content (AvgIpc) is 2.26. The number of hydrogen-bond donors (Lipinski definition) is 1. The summed E-state index contributed by atoms with van der Waals surface area (Å²) in [6.45, 7) is 8.31. The highest BCUT2D eigenvalue weighted by atomic mass is 35.5. The molecule has 0 spiro atoms. The fraction of sp³-hybridized carbons (Fsp3) is 0.571. The van der Waals surface area contributed by atoms with Crippen LogP contribution in [-0.2, 0) is 0 Å². The summed E-state index contributed by atoms with van der Waals surface area (Å²) in [7, 11) is 2.05. The minimum atomic E-state index is -0.477. The molecule has 0 aliphatic carbocycles. The fourth-order valence-corrected chi connectivity index (χ4v) is 2.06. The number of halogens is 1. The molecule has 0 aliphatic heterocycles. The van der Waals surface area contributed by atoms with Gasteiger partial charge in [0.1, 0.15) is 0 Å². The Hall–Kier alpha value is -0.730. The first-order chi connectivity index (χ1) is 7.84. The predicted octanol–water partition coefficient (Wildman–Crippen LogP) is 3.87. The molecule has 1 unspecified atom stereocenters. The number of aliphatic hydroxyl groups is 1. The molecule has 2 atom stereocenters. The van der Waals surface area contributed by atoms with Crippen molar-refractivity contribution in [3.05, 3.63) is 28.8 Å². The lowest BCUT2D eigenvalue weighted by Crippen LogP contribution is -2.33. The van der Waals surface area contributed by atoms with Crippen LogP contribution in [-0.4, -0.2) is 18.2 Å². The van der Waals surface area contributed by atoms with Crippen molar-refractivity contribution in [3.63, 3.8) is 0 Å². The highest BCUT2D eigenvalue weighted by Crippen LogP contribution is 2.30. The first-order valence-electron chi connectivity index (χ1n) is 6.05. The van der Waals surface area contributed by atoms with Crippen LogP contribution in [0.4, 0.5) is 5.69 Å². The molecule has 3 heteroatoms. The van der Waals surface area contributed by atoms with E-state index in [4.69, 9.17) is 11.6 Å². The third-order valence-electron chi connectivity index (χ3n) is 3.41. The van der Waals surface area contributed by atoms with E-state index in [0.717, 1.165) is 11.3 Å². The van der Waals surface area contributed by atoms with E-state index in [0.29, 0.717) is 17.0 Å². The second kappa shape index (κ2) is 5.74. The van der Waals surface area contributed by atoms with Crippen molar-refractivity contribution >= 4 is 17.3 Å². The third-order valence-corrected chi connectivity index (χ3v) is 3.71. The highest BCUT2D eigenvalue weighted by Gasteiger charge is 2.16. The van der Waals surface area contributed by atoms with Crippen molar-refractivity contribution in [2.45, 2.75) is 39.8 Å². The molecule has 0 fully saturated rings. The van der Waals surface area contributed by atoms with Gasteiger partial charge in [-0.2, -0.15) is 0 Å². The standard InChI is InChI=1S/C14H22ClNO/c1-9(2)10(3)16(5)14-7-6-12(11(4)17)8-13(14)15/h6-11,17H,1-5H3/t10?,11-/m1/s1. The van der Waals surface area contributed by atoms with Crippen molar-refractivity contribution in [1.29, 1.82) is 0 Å². The van der Waals surface area contributed by atoms with Gasteiger partial charge in [0, 0.05) is 13.1 Å². The lowest BCUT2D eigenvalue weighted by molar-refractivity contribution is 0.199. The maximum absolute atomic E-state index is 9.50. The number of aliphatic hydroxyl groups excluding tert-OH is 1. The average molecular weight is 256 g/mol. The molecule has 0 saturated heterocycles. The SMILES string of the molecule is CC(C)C(C)N(C)c1ccc([C@@H](C)O)cc1Cl. The van der Waals surface area contributed by atoms with E-state index in [1.807, 2.05) is 25.2 Å². The van der Waals surface area contributed by atoms with Gasteiger partial charge in [-0.3, -0.25) is 0 Å². The van der Waals surface area contributed by atoms with Crippen molar-refractivity contribution in [1.82, 2.24) is 0 Å².